The van der Waals surface area contributed by atoms with Gasteiger partial charge in [0.05, 0.1) is 7.11 Å². The fourth-order valence-electron chi connectivity index (χ4n) is 2.53. The molecule has 0 radical (unpaired) electrons. The Kier molecular flexibility index (Phi) is 4.84. The van der Waals surface area contributed by atoms with Crippen molar-refractivity contribution < 1.29 is 14.3 Å². The summed E-state index contributed by atoms with van der Waals surface area (Å²) in [4.78, 5) is 14.0. The molecule has 1 unspecified atom stereocenters. The molecule has 5 nitrogen and oxygen atoms in total. The van der Waals surface area contributed by atoms with E-state index in [2.05, 4.69) is 0 Å². The van der Waals surface area contributed by atoms with E-state index in [1.165, 1.54) is 0 Å². The maximum Gasteiger partial charge on any atom is 0.260 e. The molecule has 110 valence electrons. The number of methoxy groups -OCH3 is 1. The lowest BCUT2D eigenvalue weighted by Crippen LogP contribution is -2.42. The Hall–Kier alpha value is -1.75. The summed E-state index contributed by atoms with van der Waals surface area (Å²) in [6, 6.07) is 5.80. The third-order valence-corrected chi connectivity index (χ3v) is 3.64. The molecule has 1 amide bonds. The topological polar surface area (TPSA) is 64.8 Å². The molecule has 0 spiro atoms. The smallest absolute Gasteiger partial charge is 0.260 e. The Morgan fingerprint density at radius 3 is 2.95 bits per heavy atom. The maximum atomic E-state index is 12.2. The number of ether oxygens (including phenoxy) is 2. The van der Waals surface area contributed by atoms with Gasteiger partial charge in [-0.3, -0.25) is 4.79 Å². The summed E-state index contributed by atoms with van der Waals surface area (Å²) in [7, 11) is 1.59. The van der Waals surface area contributed by atoms with E-state index < -0.39 is 0 Å². The molecule has 1 aliphatic heterocycles. The quantitative estimate of drug-likeness (QED) is 0.882. The van der Waals surface area contributed by atoms with Gasteiger partial charge >= 0.3 is 0 Å². The molecule has 20 heavy (non-hydrogen) atoms. The van der Waals surface area contributed by atoms with Crippen LogP contribution in [0, 0.1) is 6.92 Å². The van der Waals surface area contributed by atoms with Gasteiger partial charge in [-0.25, -0.2) is 0 Å². The van der Waals surface area contributed by atoms with E-state index in [0.717, 1.165) is 24.9 Å². The molecule has 1 saturated heterocycles. The minimum atomic E-state index is -0.0134. The van der Waals surface area contributed by atoms with Crippen LogP contribution < -0.4 is 15.2 Å². The summed E-state index contributed by atoms with van der Waals surface area (Å²) in [5.41, 5.74) is 6.76. The number of amides is 1. The SMILES string of the molecule is COc1cc(C)ccc1OCC(=O)N1CCCC1CN. The van der Waals surface area contributed by atoms with Crippen molar-refractivity contribution in [2.75, 3.05) is 26.8 Å². The average molecular weight is 278 g/mol. The van der Waals surface area contributed by atoms with E-state index >= 15 is 0 Å². The molecule has 1 aromatic carbocycles. The van der Waals surface area contributed by atoms with Gasteiger partial charge in [-0.1, -0.05) is 6.07 Å². The normalized spacial score (nSPS) is 18.1. The zero-order valence-electron chi connectivity index (χ0n) is 12.1. The van der Waals surface area contributed by atoms with E-state index in [-0.39, 0.29) is 18.6 Å². The number of hydrogen-bond donors (Lipinski definition) is 1. The van der Waals surface area contributed by atoms with Crippen molar-refractivity contribution >= 4 is 5.91 Å². The highest BCUT2D eigenvalue weighted by molar-refractivity contribution is 5.78. The highest BCUT2D eigenvalue weighted by Crippen LogP contribution is 2.28. The Morgan fingerprint density at radius 2 is 2.25 bits per heavy atom. The first-order chi connectivity index (χ1) is 9.65. The molecule has 1 aromatic rings. The minimum absolute atomic E-state index is 0.0134. The summed E-state index contributed by atoms with van der Waals surface area (Å²) < 4.78 is 10.8. The first-order valence-corrected chi connectivity index (χ1v) is 6.92. The number of nitrogens with zero attached hydrogens (tertiary/aromatic N) is 1. The van der Waals surface area contributed by atoms with Crippen molar-refractivity contribution in [3.05, 3.63) is 23.8 Å². The van der Waals surface area contributed by atoms with Gasteiger partial charge in [-0.15, -0.1) is 0 Å². The molecule has 2 rings (SSSR count). The predicted molar refractivity (Wildman–Crippen MR) is 77.0 cm³/mol. The minimum Gasteiger partial charge on any atom is -0.493 e. The number of likely N-dealkylation sites (tertiary alicyclic amines) is 1. The molecule has 0 bridgehead atoms. The predicted octanol–water partition coefficient (Wildman–Crippen LogP) is 1.33. The van der Waals surface area contributed by atoms with Crippen molar-refractivity contribution in [2.45, 2.75) is 25.8 Å². The number of carbonyl (C=O) groups is 1. The Labute approximate surface area is 119 Å². The number of benzene rings is 1. The Bertz CT molecular complexity index is 476. The average Bonchev–Trinajstić information content (AvgIpc) is 2.94. The van der Waals surface area contributed by atoms with Crippen LogP contribution >= 0.6 is 0 Å². The second-order valence-electron chi connectivity index (χ2n) is 5.06. The second-order valence-corrected chi connectivity index (χ2v) is 5.06. The molecular formula is C15H22N2O3. The van der Waals surface area contributed by atoms with Crippen LogP contribution in [0.25, 0.3) is 0 Å². The lowest BCUT2D eigenvalue weighted by Gasteiger charge is -2.23. The fraction of sp³-hybridized carbons (Fsp3) is 0.533. The van der Waals surface area contributed by atoms with Gasteiger partial charge in [0.1, 0.15) is 0 Å². The number of nitrogens with two attached hydrogens (primary N) is 1. The van der Waals surface area contributed by atoms with Gasteiger partial charge in [0.2, 0.25) is 0 Å². The summed E-state index contributed by atoms with van der Waals surface area (Å²) in [5, 5.41) is 0. The highest BCUT2D eigenvalue weighted by atomic mass is 16.5. The fourth-order valence-corrected chi connectivity index (χ4v) is 2.53. The van der Waals surface area contributed by atoms with Gasteiger partial charge in [-0.05, 0) is 37.5 Å². The van der Waals surface area contributed by atoms with Crippen LogP contribution in [0.15, 0.2) is 18.2 Å². The zero-order valence-corrected chi connectivity index (χ0v) is 12.1. The van der Waals surface area contributed by atoms with Crippen LogP contribution in [0.5, 0.6) is 11.5 Å². The molecule has 1 atom stereocenters. The molecular weight excluding hydrogens is 256 g/mol. The van der Waals surface area contributed by atoms with Gasteiger partial charge in [-0.2, -0.15) is 0 Å². The molecule has 1 fully saturated rings. The van der Waals surface area contributed by atoms with E-state index in [1.807, 2.05) is 30.0 Å². The first kappa shape index (κ1) is 14.7. The largest absolute Gasteiger partial charge is 0.493 e. The number of aryl methyl sites for hydroxylation is 1. The summed E-state index contributed by atoms with van der Waals surface area (Å²) in [5.74, 6) is 1.23. The summed E-state index contributed by atoms with van der Waals surface area (Å²) in [6.45, 7) is 3.29. The molecule has 2 N–H and O–H groups in total. The lowest BCUT2D eigenvalue weighted by atomic mass is 10.2. The highest BCUT2D eigenvalue weighted by Gasteiger charge is 2.27. The van der Waals surface area contributed by atoms with Crippen molar-refractivity contribution in [1.29, 1.82) is 0 Å². The van der Waals surface area contributed by atoms with Gasteiger partial charge in [0.15, 0.2) is 18.1 Å². The van der Waals surface area contributed by atoms with Crippen molar-refractivity contribution in [1.82, 2.24) is 4.90 Å². The first-order valence-electron chi connectivity index (χ1n) is 6.92. The van der Waals surface area contributed by atoms with E-state index in [0.29, 0.717) is 18.0 Å². The maximum absolute atomic E-state index is 12.2. The Balaban J connectivity index is 1.96. The Morgan fingerprint density at radius 1 is 1.45 bits per heavy atom. The zero-order chi connectivity index (χ0) is 14.5. The van der Waals surface area contributed by atoms with E-state index in [9.17, 15) is 4.79 Å². The molecule has 1 heterocycles. The third-order valence-electron chi connectivity index (χ3n) is 3.64. The van der Waals surface area contributed by atoms with Crippen molar-refractivity contribution in [3.8, 4) is 11.5 Å². The summed E-state index contributed by atoms with van der Waals surface area (Å²) >= 11 is 0. The molecule has 0 aromatic heterocycles. The number of carbonyl (C=O) groups excluding carboxylic acids is 1. The van der Waals surface area contributed by atoms with E-state index in [1.54, 1.807) is 7.11 Å². The molecule has 0 saturated carbocycles. The van der Waals surface area contributed by atoms with Gasteiger partial charge < -0.3 is 20.1 Å². The molecule has 5 heteroatoms. The third kappa shape index (κ3) is 3.22. The van der Waals surface area contributed by atoms with Crippen LogP contribution in [0.4, 0.5) is 0 Å². The van der Waals surface area contributed by atoms with Crippen molar-refractivity contribution in [2.24, 2.45) is 5.73 Å². The van der Waals surface area contributed by atoms with Crippen molar-refractivity contribution in [3.63, 3.8) is 0 Å². The van der Waals surface area contributed by atoms with Gasteiger partial charge in [0, 0.05) is 19.1 Å². The lowest BCUT2D eigenvalue weighted by molar-refractivity contribution is -0.134. The molecule has 1 aliphatic rings. The van der Waals surface area contributed by atoms with Crippen LogP contribution in [0.1, 0.15) is 18.4 Å². The van der Waals surface area contributed by atoms with Gasteiger partial charge in [0.25, 0.3) is 5.91 Å². The second kappa shape index (κ2) is 6.61. The number of rotatable bonds is 5. The van der Waals surface area contributed by atoms with E-state index in [4.69, 9.17) is 15.2 Å². The van der Waals surface area contributed by atoms with Crippen LogP contribution in [0.3, 0.4) is 0 Å². The monoisotopic (exact) mass is 278 g/mol. The molecule has 0 aliphatic carbocycles. The van der Waals surface area contributed by atoms with Crippen LogP contribution in [0.2, 0.25) is 0 Å². The van der Waals surface area contributed by atoms with Crippen LogP contribution in [-0.4, -0.2) is 43.7 Å². The number of hydrogen-bond acceptors (Lipinski definition) is 4. The summed E-state index contributed by atoms with van der Waals surface area (Å²) in [6.07, 6.45) is 2.00. The van der Waals surface area contributed by atoms with Crippen LogP contribution in [-0.2, 0) is 4.79 Å². The standard InChI is InChI=1S/C15H22N2O3/c1-11-5-6-13(14(8-11)19-2)20-10-15(18)17-7-3-4-12(17)9-16/h5-6,8,12H,3-4,7,9-10,16H2,1-2H3.